The first-order valence-electron chi connectivity index (χ1n) is 5.87. The van der Waals surface area contributed by atoms with Gasteiger partial charge >= 0.3 is 0 Å². The zero-order valence-corrected chi connectivity index (χ0v) is 9.43. The second kappa shape index (κ2) is 3.13. The lowest BCUT2D eigenvalue weighted by Crippen LogP contribution is -2.05. The summed E-state index contributed by atoms with van der Waals surface area (Å²) in [6, 6.07) is 6.73. The Morgan fingerprint density at radius 2 is 2.20 bits per heavy atom. The van der Waals surface area contributed by atoms with Crippen LogP contribution in [0.5, 0.6) is 0 Å². The highest BCUT2D eigenvalue weighted by molar-refractivity contribution is 5.85. The van der Waals surface area contributed by atoms with E-state index < -0.39 is 0 Å². The first kappa shape index (κ1) is 9.02. The van der Waals surface area contributed by atoms with Gasteiger partial charge in [0.05, 0.1) is 0 Å². The predicted octanol–water partition coefficient (Wildman–Crippen LogP) is 3.92. The summed E-state index contributed by atoms with van der Waals surface area (Å²) in [6.45, 7) is 4.51. The second-order valence-corrected chi connectivity index (χ2v) is 4.86. The lowest BCUT2D eigenvalue weighted by molar-refractivity contribution is 0.582. The van der Waals surface area contributed by atoms with Crippen LogP contribution in [0.25, 0.3) is 10.9 Å². The van der Waals surface area contributed by atoms with Crippen molar-refractivity contribution in [3.63, 3.8) is 0 Å². The summed E-state index contributed by atoms with van der Waals surface area (Å²) in [5.74, 6) is 0.710. The SMILES string of the molecule is Cc1ccc2[nH]c3c(c2c1)CCCC3C. The minimum Gasteiger partial charge on any atom is -0.358 e. The molecule has 0 bridgehead atoms. The number of benzene rings is 1. The molecule has 2 aromatic rings. The van der Waals surface area contributed by atoms with Crippen LogP contribution in [0.15, 0.2) is 18.2 Å². The second-order valence-electron chi connectivity index (χ2n) is 4.86. The van der Waals surface area contributed by atoms with E-state index in [-0.39, 0.29) is 0 Å². The number of H-pyrrole nitrogens is 1. The number of fused-ring (bicyclic) bond motifs is 3. The third-order valence-corrected chi connectivity index (χ3v) is 3.65. The molecule has 0 saturated carbocycles. The van der Waals surface area contributed by atoms with Crippen molar-refractivity contribution in [2.45, 2.75) is 39.0 Å². The zero-order chi connectivity index (χ0) is 10.4. The van der Waals surface area contributed by atoms with Gasteiger partial charge in [-0.15, -0.1) is 0 Å². The molecule has 0 spiro atoms. The third-order valence-electron chi connectivity index (χ3n) is 3.65. The molecule has 0 aliphatic heterocycles. The molecule has 0 radical (unpaired) electrons. The van der Waals surface area contributed by atoms with Gasteiger partial charge in [0.15, 0.2) is 0 Å². The maximum absolute atomic E-state index is 3.59. The van der Waals surface area contributed by atoms with Crippen molar-refractivity contribution in [2.75, 3.05) is 0 Å². The molecule has 1 aliphatic carbocycles. The quantitative estimate of drug-likeness (QED) is 0.662. The van der Waals surface area contributed by atoms with E-state index in [4.69, 9.17) is 0 Å². The molecule has 3 rings (SSSR count). The van der Waals surface area contributed by atoms with E-state index in [0.717, 1.165) is 0 Å². The fourth-order valence-corrected chi connectivity index (χ4v) is 2.80. The number of nitrogens with one attached hydrogen (secondary N) is 1. The predicted molar refractivity (Wildman–Crippen MR) is 64.4 cm³/mol. The molecule has 78 valence electrons. The molecule has 1 nitrogen and oxygen atoms in total. The number of hydrogen-bond acceptors (Lipinski definition) is 0. The largest absolute Gasteiger partial charge is 0.358 e. The van der Waals surface area contributed by atoms with Crippen LogP contribution < -0.4 is 0 Å². The Kier molecular flexibility index (Phi) is 1.88. The maximum atomic E-state index is 3.59. The van der Waals surface area contributed by atoms with Crippen LogP contribution >= 0.6 is 0 Å². The fourth-order valence-electron chi connectivity index (χ4n) is 2.80. The van der Waals surface area contributed by atoms with Crippen LogP contribution in [0.3, 0.4) is 0 Å². The van der Waals surface area contributed by atoms with Gasteiger partial charge in [0.25, 0.3) is 0 Å². The normalized spacial score (nSPS) is 20.5. The Labute approximate surface area is 90.5 Å². The summed E-state index contributed by atoms with van der Waals surface area (Å²) in [7, 11) is 0. The Hall–Kier alpha value is -1.24. The number of rotatable bonds is 0. The van der Waals surface area contributed by atoms with Gasteiger partial charge in [-0.2, -0.15) is 0 Å². The Bertz CT molecular complexity index is 507. The van der Waals surface area contributed by atoms with E-state index in [1.54, 1.807) is 5.56 Å². The summed E-state index contributed by atoms with van der Waals surface area (Å²) >= 11 is 0. The molecule has 15 heavy (non-hydrogen) atoms. The van der Waals surface area contributed by atoms with E-state index in [1.165, 1.54) is 41.4 Å². The zero-order valence-electron chi connectivity index (χ0n) is 9.43. The summed E-state index contributed by atoms with van der Waals surface area (Å²) in [4.78, 5) is 3.59. The molecular formula is C14H17N. The molecule has 1 N–H and O–H groups in total. The smallest absolute Gasteiger partial charge is 0.0459 e. The lowest BCUT2D eigenvalue weighted by atomic mass is 9.88. The molecule has 1 aromatic carbocycles. The van der Waals surface area contributed by atoms with Gasteiger partial charge < -0.3 is 4.98 Å². The van der Waals surface area contributed by atoms with E-state index in [9.17, 15) is 0 Å². The summed E-state index contributed by atoms with van der Waals surface area (Å²) in [6.07, 6.45) is 3.93. The molecule has 0 saturated heterocycles. The number of aromatic amines is 1. The average molecular weight is 199 g/mol. The maximum Gasteiger partial charge on any atom is 0.0459 e. The van der Waals surface area contributed by atoms with Crippen molar-refractivity contribution in [3.05, 3.63) is 35.0 Å². The Balaban J connectivity index is 2.31. The van der Waals surface area contributed by atoms with E-state index in [2.05, 4.69) is 37.0 Å². The van der Waals surface area contributed by atoms with Crippen LogP contribution in [0, 0.1) is 6.92 Å². The average Bonchev–Trinajstić information content (AvgIpc) is 2.58. The minimum atomic E-state index is 0.710. The molecular weight excluding hydrogens is 182 g/mol. The molecule has 1 heteroatoms. The summed E-state index contributed by atoms with van der Waals surface area (Å²) in [5, 5.41) is 1.46. The monoisotopic (exact) mass is 199 g/mol. The third kappa shape index (κ3) is 1.30. The molecule has 1 heterocycles. The first-order valence-corrected chi connectivity index (χ1v) is 5.87. The van der Waals surface area contributed by atoms with Gasteiger partial charge in [0.2, 0.25) is 0 Å². The van der Waals surface area contributed by atoms with Crippen molar-refractivity contribution in [3.8, 4) is 0 Å². The topological polar surface area (TPSA) is 15.8 Å². The highest BCUT2D eigenvalue weighted by Crippen LogP contribution is 2.35. The van der Waals surface area contributed by atoms with Gasteiger partial charge in [0, 0.05) is 16.6 Å². The molecule has 1 atom stereocenters. The van der Waals surface area contributed by atoms with Crippen molar-refractivity contribution < 1.29 is 0 Å². The summed E-state index contributed by atoms with van der Waals surface area (Å²) < 4.78 is 0. The van der Waals surface area contributed by atoms with E-state index in [1.807, 2.05) is 0 Å². The van der Waals surface area contributed by atoms with Crippen molar-refractivity contribution in [2.24, 2.45) is 0 Å². The van der Waals surface area contributed by atoms with Crippen molar-refractivity contribution in [1.29, 1.82) is 0 Å². The van der Waals surface area contributed by atoms with E-state index >= 15 is 0 Å². The van der Waals surface area contributed by atoms with Crippen LogP contribution in [0.2, 0.25) is 0 Å². The van der Waals surface area contributed by atoms with Gasteiger partial charge in [-0.3, -0.25) is 0 Å². The Morgan fingerprint density at radius 1 is 1.33 bits per heavy atom. The van der Waals surface area contributed by atoms with Gasteiger partial charge in [0.1, 0.15) is 0 Å². The lowest BCUT2D eigenvalue weighted by Gasteiger charge is -2.18. The summed E-state index contributed by atoms with van der Waals surface area (Å²) in [5.41, 5.74) is 5.75. The number of aryl methyl sites for hydroxylation is 2. The molecule has 0 fully saturated rings. The van der Waals surface area contributed by atoms with Crippen LogP contribution in [-0.2, 0) is 6.42 Å². The first-order chi connectivity index (χ1) is 7.25. The van der Waals surface area contributed by atoms with E-state index in [0.29, 0.717) is 5.92 Å². The number of hydrogen-bond donors (Lipinski definition) is 1. The van der Waals surface area contributed by atoms with Crippen molar-refractivity contribution in [1.82, 2.24) is 4.98 Å². The molecule has 1 aliphatic rings. The molecule has 0 amide bonds. The van der Waals surface area contributed by atoms with Crippen molar-refractivity contribution >= 4 is 10.9 Å². The van der Waals surface area contributed by atoms with Gasteiger partial charge in [-0.1, -0.05) is 18.6 Å². The van der Waals surface area contributed by atoms with Gasteiger partial charge in [-0.05, 0) is 49.8 Å². The standard InChI is InChI=1S/C14H17N/c1-9-6-7-13-12(8-9)11-5-3-4-10(2)14(11)15-13/h6-8,10,15H,3-5H2,1-2H3. The van der Waals surface area contributed by atoms with Gasteiger partial charge in [-0.25, -0.2) is 0 Å². The fraction of sp³-hybridized carbons (Fsp3) is 0.429. The van der Waals surface area contributed by atoms with Crippen LogP contribution in [0.1, 0.15) is 42.5 Å². The molecule has 1 aromatic heterocycles. The molecule has 1 unspecified atom stereocenters. The highest BCUT2D eigenvalue weighted by atomic mass is 14.7. The highest BCUT2D eigenvalue weighted by Gasteiger charge is 2.20. The number of aromatic nitrogens is 1. The Morgan fingerprint density at radius 3 is 3.07 bits per heavy atom. The van der Waals surface area contributed by atoms with Crippen LogP contribution in [-0.4, -0.2) is 4.98 Å². The minimum absolute atomic E-state index is 0.710. The van der Waals surface area contributed by atoms with Crippen LogP contribution in [0.4, 0.5) is 0 Å².